The number of rotatable bonds is 4. The number of nitrogens with one attached hydrogen (secondary N) is 1. The van der Waals surface area contributed by atoms with Crippen molar-refractivity contribution >= 4 is 10.0 Å². The molecule has 110 valence electrons. The Kier molecular flexibility index (Phi) is 5.98. The highest BCUT2D eigenvalue weighted by atomic mass is 32.2. The van der Waals surface area contributed by atoms with Crippen LogP contribution in [-0.4, -0.2) is 21.2 Å². The first-order valence-electron chi connectivity index (χ1n) is 4.97. The van der Waals surface area contributed by atoms with Crippen LogP contribution in [-0.2, 0) is 16.2 Å². The highest BCUT2D eigenvalue weighted by Gasteiger charge is 2.30. The fraction of sp³-hybridized carbons (Fsp3) is 0.455. The van der Waals surface area contributed by atoms with E-state index in [0.717, 1.165) is 18.4 Å². The van der Waals surface area contributed by atoms with Gasteiger partial charge in [0, 0.05) is 12.6 Å². The Balaban J connectivity index is 0.00000324. The zero-order chi connectivity index (χ0) is 14.0. The summed E-state index contributed by atoms with van der Waals surface area (Å²) in [4.78, 5) is 0. The Hall–Kier alpha value is -1.12. The van der Waals surface area contributed by atoms with Gasteiger partial charge in [0.2, 0.25) is 10.0 Å². The first-order chi connectivity index (χ1) is 8.09. The lowest BCUT2D eigenvalue weighted by molar-refractivity contribution is -0.137. The van der Waals surface area contributed by atoms with E-state index >= 15 is 0 Å². The molecule has 4 nitrogen and oxygen atoms in total. The topological polar surface area (TPSA) is 72.2 Å². The summed E-state index contributed by atoms with van der Waals surface area (Å²) in [5.41, 5.74) is 5.03. The van der Waals surface area contributed by atoms with Crippen LogP contribution in [0.2, 0.25) is 0 Å². The summed E-state index contributed by atoms with van der Waals surface area (Å²) in [6.07, 6.45) is -3.49. The molecule has 0 saturated carbocycles. The molecule has 1 aromatic rings. The Bertz CT molecular complexity index is 515. The predicted molar refractivity (Wildman–Crippen MR) is 67.9 cm³/mol. The molecular weight excluding hydrogens is 281 g/mol. The molecule has 0 aliphatic heterocycles. The standard InChI is InChI=1S/C10H13F3N2O2S.CH4/c1-18(16,17)15-6-9(14)7-3-2-4-8(5-7)10(11,12)13;/h2-5,9,15H,6,14H2,1H3;1H4. The predicted octanol–water partition coefficient (Wildman–Crippen LogP) is 1.89. The first-order valence-corrected chi connectivity index (χ1v) is 6.86. The Labute approximate surface area is 110 Å². The summed E-state index contributed by atoms with van der Waals surface area (Å²) in [7, 11) is -3.42. The number of nitrogens with two attached hydrogens (primary N) is 1. The molecule has 0 amide bonds. The van der Waals surface area contributed by atoms with E-state index in [1.807, 2.05) is 0 Å². The van der Waals surface area contributed by atoms with Gasteiger partial charge in [-0.05, 0) is 17.7 Å². The fourth-order valence-electron chi connectivity index (χ4n) is 1.30. The van der Waals surface area contributed by atoms with Crippen LogP contribution < -0.4 is 10.5 Å². The van der Waals surface area contributed by atoms with Gasteiger partial charge in [-0.2, -0.15) is 13.2 Å². The molecule has 1 aromatic carbocycles. The van der Waals surface area contributed by atoms with Crippen LogP contribution in [0, 0.1) is 0 Å². The molecule has 0 saturated heterocycles. The van der Waals surface area contributed by atoms with Crippen molar-refractivity contribution in [3.05, 3.63) is 35.4 Å². The highest BCUT2D eigenvalue weighted by Crippen LogP contribution is 2.30. The minimum Gasteiger partial charge on any atom is -0.323 e. The zero-order valence-corrected chi connectivity index (χ0v) is 10.3. The molecule has 1 rings (SSSR count). The molecule has 0 heterocycles. The van der Waals surface area contributed by atoms with E-state index in [1.165, 1.54) is 12.1 Å². The Morgan fingerprint density at radius 1 is 1.37 bits per heavy atom. The maximum atomic E-state index is 12.5. The number of sulfonamides is 1. The van der Waals surface area contributed by atoms with Crippen LogP contribution in [0.4, 0.5) is 13.2 Å². The molecule has 0 fully saturated rings. The minimum atomic E-state index is -4.44. The third kappa shape index (κ3) is 6.04. The SMILES string of the molecule is C.CS(=O)(=O)NCC(N)c1cccc(C(F)(F)F)c1. The average Bonchev–Trinajstić information content (AvgIpc) is 2.24. The van der Waals surface area contributed by atoms with E-state index in [4.69, 9.17) is 5.73 Å². The summed E-state index contributed by atoms with van der Waals surface area (Å²) in [5, 5.41) is 0. The Morgan fingerprint density at radius 3 is 2.42 bits per heavy atom. The summed E-state index contributed by atoms with van der Waals surface area (Å²) in [6.45, 7) is -0.153. The number of hydrogen-bond donors (Lipinski definition) is 2. The van der Waals surface area contributed by atoms with Crippen LogP contribution in [0.1, 0.15) is 24.6 Å². The zero-order valence-electron chi connectivity index (χ0n) is 9.53. The van der Waals surface area contributed by atoms with Gasteiger partial charge in [-0.15, -0.1) is 0 Å². The van der Waals surface area contributed by atoms with Gasteiger partial charge in [0.25, 0.3) is 0 Å². The van der Waals surface area contributed by atoms with Crippen molar-refractivity contribution in [3.8, 4) is 0 Å². The lowest BCUT2D eigenvalue weighted by atomic mass is 10.0. The van der Waals surface area contributed by atoms with Crippen molar-refractivity contribution in [2.45, 2.75) is 19.6 Å². The highest BCUT2D eigenvalue weighted by molar-refractivity contribution is 7.88. The molecule has 0 aliphatic rings. The van der Waals surface area contributed by atoms with Gasteiger partial charge in [0.05, 0.1) is 11.8 Å². The van der Waals surface area contributed by atoms with E-state index < -0.39 is 27.8 Å². The molecule has 0 aromatic heterocycles. The van der Waals surface area contributed by atoms with Gasteiger partial charge in [-0.25, -0.2) is 13.1 Å². The second-order valence-electron chi connectivity index (χ2n) is 3.85. The summed E-state index contributed by atoms with van der Waals surface area (Å²) in [6, 6.07) is 3.67. The Morgan fingerprint density at radius 2 is 1.95 bits per heavy atom. The van der Waals surface area contributed by atoms with Crippen LogP contribution >= 0.6 is 0 Å². The molecule has 0 spiro atoms. The monoisotopic (exact) mass is 298 g/mol. The van der Waals surface area contributed by atoms with Gasteiger partial charge in [0.15, 0.2) is 0 Å². The molecule has 1 atom stereocenters. The summed E-state index contributed by atoms with van der Waals surface area (Å²) >= 11 is 0. The number of hydrogen-bond acceptors (Lipinski definition) is 3. The van der Waals surface area contributed by atoms with Crippen molar-refractivity contribution < 1.29 is 21.6 Å². The van der Waals surface area contributed by atoms with Crippen molar-refractivity contribution in [1.29, 1.82) is 0 Å². The third-order valence-corrected chi connectivity index (χ3v) is 2.90. The van der Waals surface area contributed by atoms with E-state index in [9.17, 15) is 21.6 Å². The maximum absolute atomic E-state index is 12.5. The van der Waals surface area contributed by atoms with E-state index in [-0.39, 0.29) is 19.5 Å². The van der Waals surface area contributed by atoms with Crippen molar-refractivity contribution in [3.63, 3.8) is 0 Å². The third-order valence-electron chi connectivity index (χ3n) is 2.21. The van der Waals surface area contributed by atoms with Gasteiger partial charge < -0.3 is 5.73 Å². The van der Waals surface area contributed by atoms with Crippen LogP contribution in [0.5, 0.6) is 0 Å². The lowest BCUT2D eigenvalue weighted by Crippen LogP contribution is -2.31. The van der Waals surface area contributed by atoms with Crippen molar-refractivity contribution in [2.75, 3.05) is 12.8 Å². The van der Waals surface area contributed by atoms with Gasteiger partial charge in [0.1, 0.15) is 0 Å². The van der Waals surface area contributed by atoms with E-state index in [2.05, 4.69) is 4.72 Å². The normalized spacial score (nSPS) is 13.7. The molecule has 3 N–H and O–H groups in total. The first kappa shape index (κ1) is 17.9. The minimum absolute atomic E-state index is 0. The molecule has 0 aliphatic carbocycles. The number of halogens is 3. The van der Waals surface area contributed by atoms with Gasteiger partial charge in [-0.1, -0.05) is 19.6 Å². The van der Waals surface area contributed by atoms with E-state index in [1.54, 1.807) is 0 Å². The molecule has 19 heavy (non-hydrogen) atoms. The van der Waals surface area contributed by atoms with Crippen molar-refractivity contribution in [2.24, 2.45) is 5.73 Å². The quantitative estimate of drug-likeness (QED) is 0.891. The second-order valence-corrected chi connectivity index (χ2v) is 5.68. The number of alkyl halides is 3. The van der Waals surface area contributed by atoms with Crippen LogP contribution in [0.15, 0.2) is 24.3 Å². The lowest BCUT2D eigenvalue weighted by Gasteiger charge is -2.14. The maximum Gasteiger partial charge on any atom is 0.416 e. The molecular formula is C11H17F3N2O2S. The van der Waals surface area contributed by atoms with Crippen LogP contribution in [0.25, 0.3) is 0 Å². The largest absolute Gasteiger partial charge is 0.416 e. The van der Waals surface area contributed by atoms with Crippen molar-refractivity contribution in [1.82, 2.24) is 4.72 Å². The van der Waals surface area contributed by atoms with Gasteiger partial charge in [-0.3, -0.25) is 0 Å². The molecule has 0 radical (unpaired) electrons. The summed E-state index contributed by atoms with van der Waals surface area (Å²) in [5.74, 6) is 0. The van der Waals surface area contributed by atoms with E-state index in [0.29, 0.717) is 0 Å². The van der Waals surface area contributed by atoms with Gasteiger partial charge >= 0.3 is 6.18 Å². The molecule has 8 heteroatoms. The number of benzene rings is 1. The van der Waals surface area contributed by atoms with Crippen LogP contribution in [0.3, 0.4) is 0 Å². The fourth-order valence-corrected chi connectivity index (χ4v) is 1.79. The average molecular weight is 298 g/mol. The smallest absolute Gasteiger partial charge is 0.323 e. The molecule has 0 bridgehead atoms. The second kappa shape index (κ2) is 6.36. The molecule has 1 unspecified atom stereocenters. The summed E-state index contributed by atoms with van der Waals surface area (Å²) < 4.78 is 61.2.